The summed E-state index contributed by atoms with van der Waals surface area (Å²) in [5.41, 5.74) is 1.01. The molecule has 0 spiro atoms. The smallest absolute Gasteiger partial charge is 0.0655 e. The van der Waals surface area contributed by atoms with E-state index in [4.69, 9.17) is 34.8 Å². The van der Waals surface area contributed by atoms with Gasteiger partial charge in [-0.15, -0.1) is 0 Å². The molecule has 2 aliphatic rings. The fourth-order valence-electron chi connectivity index (χ4n) is 2.74. The molecule has 0 amide bonds. The van der Waals surface area contributed by atoms with Gasteiger partial charge in [0.15, 0.2) is 0 Å². The van der Waals surface area contributed by atoms with Gasteiger partial charge in [0, 0.05) is 19.1 Å². The predicted octanol–water partition coefficient (Wildman–Crippen LogP) is 4.23. The maximum atomic E-state index is 6.33. The summed E-state index contributed by atoms with van der Waals surface area (Å²) in [7, 11) is 0. The highest BCUT2D eigenvalue weighted by Crippen LogP contribution is 2.37. The number of hydrogen-bond donors (Lipinski definition) is 1. The Kier molecular flexibility index (Phi) is 4.14. The highest BCUT2D eigenvalue weighted by atomic mass is 35.5. The normalized spacial score (nSPS) is 24.4. The molecular formula is C14H17Cl3N2. The van der Waals surface area contributed by atoms with Gasteiger partial charge >= 0.3 is 0 Å². The van der Waals surface area contributed by atoms with E-state index in [9.17, 15) is 0 Å². The first kappa shape index (κ1) is 13.8. The molecule has 1 aliphatic heterocycles. The highest BCUT2D eigenvalue weighted by Gasteiger charge is 2.33. The molecule has 1 atom stereocenters. The van der Waals surface area contributed by atoms with Gasteiger partial charge in [-0.3, -0.25) is 0 Å². The molecule has 1 saturated heterocycles. The summed E-state index contributed by atoms with van der Waals surface area (Å²) in [5.74, 6) is 0.835. The Morgan fingerprint density at radius 3 is 2.53 bits per heavy atom. The second-order valence-electron chi connectivity index (χ2n) is 5.42. The molecule has 1 unspecified atom stereocenters. The molecule has 0 radical (unpaired) electrons. The van der Waals surface area contributed by atoms with E-state index < -0.39 is 0 Å². The number of benzene rings is 1. The number of nitrogens with one attached hydrogen (secondary N) is 1. The van der Waals surface area contributed by atoms with Crippen LogP contribution in [0.4, 0.5) is 5.69 Å². The van der Waals surface area contributed by atoms with Gasteiger partial charge in [0.25, 0.3) is 0 Å². The van der Waals surface area contributed by atoms with Gasteiger partial charge < -0.3 is 10.2 Å². The molecule has 1 heterocycles. The number of nitrogens with zero attached hydrogens (tertiary/aromatic N) is 1. The second kappa shape index (κ2) is 5.69. The van der Waals surface area contributed by atoms with Crippen molar-refractivity contribution >= 4 is 40.5 Å². The van der Waals surface area contributed by atoms with E-state index in [1.807, 2.05) is 6.07 Å². The number of anilines is 1. The van der Waals surface area contributed by atoms with Crippen LogP contribution in [0.15, 0.2) is 12.1 Å². The Labute approximate surface area is 129 Å². The Hall–Kier alpha value is -0.150. The fourth-order valence-corrected chi connectivity index (χ4v) is 3.40. The van der Waals surface area contributed by atoms with E-state index in [2.05, 4.69) is 10.2 Å². The molecule has 1 aliphatic carbocycles. The molecule has 1 aromatic rings. The first-order chi connectivity index (χ1) is 9.15. The summed E-state index contributed by atoms with van der Waals surface area (Å²) in [5, 5.41) is 5.42. The van der Waals surface area contributed by atoms with Gasteiger partial charge in [-0.05, 0) is 43.9 Å². The third-order valence-electron chi connectivity index (χ3n) is 3.95. The van der Waals surface area contributed by atoms with Crippen LogP contribution in [0.1, 0.15) is 19.3 Å². The zero-order valence-corrected chi connectivity index (χ0v) is 12.9. The van der Waals surface area contributed by atoms with Crippen LogP contribution in [0.25, 0.3) is 0 Å². The van der Waals surface area contributed by atoms with Crippen molar-refractivity contribution in [3.8, 4) is 0 Å². The van der Waals surface area contributed by atoms with Gasteiger partial charge in [0.05, 0.1) is 20.8 Å². The molecule has 2 nitrogen and oxygen atoms in total. The van der Waals surface area contributed by atoms with E-state index in [0.29, 0.717) is 21.1 Å². The quantitative estimate of drug-likeness (QED) is 0.821. The molecule has 0 bridgehead atoms. The third kappa shape index (κ3) is 3.13. The standard InChI is InChI=1S/C14H17Cl3N2/c15-10-6-12(17)14(7-11(10)16)19-5-1-4-18-13(8-19)9-2-3-9/h6-7,9,13,18H,1-5,8H2. The molecule has 3 rings (SSSR count). The number of rotatable bonds is 2. The van der Waals surface area contributed by atoms with Crippen LogP contribution in [0, 0.1) is 5.92 Å². The zero-order chi connectivity index (χ0) is 13.4. The highest BCUT2D eigenvalue weighted by molar-refractivity contribution is 6.44. The first-order valence-electron chi connectivity index (χ1n) is 6.78. The number of hydrogen-bond acceptors (Lipinski definition) is 2. The van der Waals surface area contributed by atoms with Crippen molar-refractivity contribution in [2.24, 2.45) is 5.92 Å². The second-order valence-corrected chi connectivity index (χ2v) is 6.64. The molecule has 1 aromatic carbocycles. The van der Waals surface area contributed by atoms with E-state index in [1.54, 1.807) is 6.07 Å². The van der Waals surface area contributed by atoms with Crippen molar-refractivity contribution in [1.82, 2.24) is 5.32 Å². The van der Waals surface area contributed by atoms with Crippen LogP contribution in [0.5, 0.6) is 0 Å². The summed E-state index contributed by atoms with van der Waals surface area (Å²) >= 11 is 18.4. The van der Waals surface area contributed by atoms with E-state index >= 15 is 0 Å². The fraction of sp³-hybridized carbons (Fsp3) is 0.571. The zero-order valence-electron chi connectivity index (χ0n) is 10.6. The minimum Gasteiger partial charge on any atom is -0.369 e. The van der Waals surface area contributed by atoms with E-state index in [1.165, 1.54) is 12.8 Å². The maximum absolute atomic E-state index is 6.33. The Morgan fingerprint density at radius 2 is 1.79 bits per heavy atom. The average Bonchev–Trinajstić information content (AvgIpc) is 3.18. The molecule has 0 aromatic heterocycles. The lowest BCUT2D eigenvalue weighted by Crippen LogP contribution is -2.39. The minimum absolute atomic E-state index is 0.516. The van der Waals surface area contributed by atoms with Crippen molar-refractivity contribution in [2.45, 2.75) is 25.3 Å². The van der Waals surface area contributed by atoms with Crippen molar-refractivity contribution in [3.63, 3.8) is 0 Å². The molecule has 1 saturated carbocycles. The van der Waals surface area contributed by atoms with Crippen LogP contribution in [-0.4, -0.2) is 25.7 Å². The van der Waals surface area contributed by atoms with Crippen molar-refractivity contribution in [1.29, 1.82) is 0 Å². The van der Waals surface area contributed by atoms with Crippen LogP contribution in [-0.2, 0) is 0 Å². The van der Waals surface area contributed by atoms with Crippen LogP contribution in [0.2, 0.25) is 15.1 Å². The lowest BCUT2D eigenvalue weighted by molar-refractivity contribution is 0.490. The topological polar surface area (TPSA) is 15.3 Å². The lowest BCUT2D eigenvalue weighted by atomic mass is 10.1. The summed E-state index contributed by atoms with van der Waals surface area (Å²) in [6.45, 7) is 3.09. The summed E-state index contributed by atoms with van der Waals surface area (Å²) in [4.78, 5) is 2.34. The summed E-state index contributed by atoms with van der Waals surface area (Å²) in [6, 6.07) is 4.21. The molecule has 1 N–H and O–H groups in total. The summed E-state index contributed by atoms with van der Waals surface area (Å²) < 4.78 is 0. The van der Waals surface area contributed by atoms with Crippen molar-refractivity contribution < 1.29 is 0 Å². The maximum Gasteiger partial charge on any atom is 0.0655 e. The Morgan fingerprint density at radius 1 is 1.05 bits per heavy atom. The van der Waals surface area contributed by atoms with Gasteiger partial charge in [-0.1, -0.05) is 34.8 Å². The summed E-state index contributed by atoms with van der Waals surface area (Å²) in [6.07, 6.45) is 3.82. The Bertz CT molecular complexity index is 474. The van der Waals surface area contributed by atoms with E-state index in [-0.39, 0.29) is 0 Å². The monoisotopic (exact) mass is 318 g/mol. The largest absolute Gasteiger partial charge is 0.369 e. The minimum atomic E-state index is 0.516. The van der Waals surface area contributed by atoms with Gasteiger partial charge in [0.2, 0.25) is 0 Å². The number of halogens is 3. The first-order valence-corrected chi connectivity index (χ1v) is 7.91. The van der Waals surface area contributed by atoms with Gasteiger partial charge in [-0.25, -0.2) is 0 Å². The van der Waals surface area contributed by atoms with Crippen molar-refractivity contribution in [3.05, 3.63) is 27.2 Å². The van der Waals surface area contributed by atoms with Crippen molar-refractivity contribution in [2.75, 3.05) is 24.5 Å². The van der Waals surface area contributed by atoms with Crippen LogP contribution < -0.4 is 10.2 Å². The van der Waals surface area contributed by atoms with E-state index in [0.717, 1.165) is 37.7 Å². The molecule has 5 heteroatoms. The molecule has 19 heavy (non-hydrogen) atoms. The van der Waals surface area contributed by atoms with Crippen LogP contribution >= 0.6 is 34.8 Å². The van der Waals surface area contributed by atoms with Gasteiger partial charge in [-0.2, -0.15) is 0 Å². The lowest BCUT2D eigenvalue weighted by Gasteiger charge is -2.27. The van der Waals surface area contributed by atoms with Gasteiger partial charge in [0.1, 0.15) is 0 Å². The molecular weight excluding hydrogens is 303 g/mol. The van der Waals surface area contributed by atoms with Crippen LogP contribution in [0.3, 0.4) is 0 Å². The SMILES string of the molecule is Clc1cc(Cl)c(N2CCCNC(C3CC3)C2)cc1Cl. The average molecular weight is 320 g/mol. The third-order valence-corrected chi connectivity index (χ3v) is 4.97. The predicted molar refractivity (Wildman–Crippen MR) is 82.8 cm³/mol. The molecule has 104 valence electrons. The molecule has 2 fully saturated rings. The Balaban J connectivity index is 1.84.